The third-order valence-corrected chi connectivity index (χ3v) is 12.3. The predicted octanol–water partition coefficient (Wildman–Crippen LogP) is 19.7. The van der Waals surface area contributed by atoms with Crippen molar-refractivity contribution in [3.8, 4) is 0 Å². The van der Waals surface area contributed by atoms with Crippen molar-refractivity contribution in [3.63, 3.8) is 0 Å². The molecule has 0 spiro atoms. The Morgan fingerprint density at radius 3 is 0.971 bits per heavy atom. The van der Waals surface area contributed by atoms with Crippen molar-refractivity contribution in [2.75, 3.05) is 13.2 Å². The van der Waals surface area contributed by atoms with Crippen LogP contribution in [0.25, 0.3) is 0 Å². The first-order chi connectivity index (χ1) is 34.5. The van der Waals surface area contributed by atoms with Gasteiger partial charge in [0.15, 0.2) is 6.10 Å². The Bertz CT molecular complexity index is 1400. The molecule has 1 unspecified atom stereocenters. The molecular formula is C64H108O6. The number of hydrogen-bond acceptors (Lipinski definition) is 6. The van der Waals surface area contributed by atoms with Gasteiger partial charge >= 0.3 is 17.9 Å². The second-order valence-electron chi connectivity index (χ2n) is 19.3. The van der Waals surface area contributed by atoms with Gasteiger partial charge in [0, 0.05) is 19.3 Å². The zero-order valence-corrected chi connectivity index (χ0v) is 45.8. The maximum atomic E-state index is 12.8. The van der Waals surface area contributed by atoms with Gasteiger partial charge in [-0.1, -0.05) is 240 Å². The Balaban J connectivity index is 4.51. The smallest absolute Gasteiger partial charge is 0.306 e. The van der Waals surface area contributed by atoms with Crippen LogP contribution in [0.5, 0.6) is 0 Å². The number of rotatable bonds is 52. The van der Waals surface area contributed by atoms with Crippen LogP contribution in [0, 0.1) is 0 Å². The van der Waals surface area contributed by atoms with Crippen molar-refractivity contribution in [2.45, 2.75) is 277 Å². The highest BCUT2D eigenvalue weighted by Gasteiger charge is 2.19. The van der Waals surface area contributed by atoms with E-state index in [0.29, 0.717) is 19.3 Å². The fourth-order valence-corrected chi connectivity index (χ4v) is 7.89. The van der Waals surface area contributed by atoms with E-state index in [-0.39, 0.29) is 37.5 Å². The third kappa shape index (κ3) is 55.3. The summed E-state index contributed by atoms with van der Waals surface area (Å²) in [6, 6.07) is 0. The Kier molecular flexibility index (Phi) is 54.9. The summed E-state index contributed by atoms with van der Waals surface area (Å²) in [4.78, 5) is 38.2. The molecule has 0 fully saturated rings. The summed E-state index contributed by atoms with van der Waals surface area (Å²) in [5.41, 5.74) is 0. The average molecular weight is 974 g/mol. The van der Waals surface area contributed by atoms with E-state index in [0.717, 1.165) is 77.0 Å². The molecule has 0 aromatic rings. The number of hydrogen-bond donors (Lipinski definition) is 0. The standard InChI is InChI=1S/C64H108O6/c1-4-7-10-13-16-19-22-25-28-31-32-34-36-39-42-45-48-51-54-57-63(66)69-60-61(59-68-62(65)56-53-50-47-44-41-38-35-30-27-24-21-18-15-12-9-6-3)70-64(67)58-55-52-49-46-43-40-37-33-29-26-23-20-17-14-11-8-5-2/h16-17,19-20,22,25-26,29-30,35,37-38,40-41,46,49,61H,4-15,18,21,23-24,27-28,31-34,36,39,42-45,47-48,50-60H2,1-3H3/b19-16-,20-17-,25-22-,29-26-,35-30-,40-37-,41-38-,49-46-. The fraction of sp³-hybridized carbons (Fsp3) is 0.703. The van der Waals surface area contributed by atoms with Gasteiger partial charge in [-0.25, -0.2) is 0 Å². The summed E-state index contributed by atoms with van der Waals surface area (Å²) >= 11 is 0. The van der Waals surface area contributed by atoms with Gasteiger partial charge in [-0.05, 0) is 109 Å². The van der Waals surface area contributed by atoms with Crippen LogP contribution in [0.1, 0.15) is 271 Å². The molecule has 0 N–H and O–H groups in total. The van der Waals surface area contributed by atoms with Gasteiger partial charge in [0.2, 0.25) is 0 Å². The van der Waals surface area contributed by atoms with E-state index in [1.807, 2.05) is 0 Å². The number of carbonyl (C=O) groups excluding carboxylic acids is 3. The molecule has 0 saturated carbocycles. The molecule has 0 aliphatic rings. The molecule has 0 amide bonds. The number of carbonyl (C=O) groups is 3. The van der Waals surface area contributed by atoms with Crippen molar-refractivity contribution in [3.05, 3.63) is 97.2 Å². The third-order valence-electron chi connectivity index (χ3n) is 12.3. The summed E-state index contributed by atoms with van der Waals surface area (Å²) in [7, 11) is 0. The van der Waals surface area contributed by atoms with Crippen molar-refractivity contribution < 1.29 is 28.6 Å². The van der Waals surface area contributed by atoms with Gasteiger partial charge in [0.1, 0.15) is 13.2 Å². The minimum absolute atomic E-state index is 0.110. The molecule has 0 aliphatic heterocycles. The Labute approximate surface area is 432 Å². The molecule has 400 valence electrons. The predicted molar refractivity (Wildman–Crippen MR) is 302 cm³/mol. The monoisotopic (exact) mass is 973 g/mol. The molecule has 0 saturated heterocycles. The molecule has 0 bridgehead atoms. The van der Waals surface area contributed by atoms with Crippen LogP contribution in [0.3, 0.4) is 0 Å². The second kappa shape index (κ2) is 57.9. The van der Waals surface area contributed by atoms with E-state index in [4.69, 9.17) is 14.2 Å². The van der Waals surface area contributed by atoms with E-state index in [1.54, 1.807) is 0 Å². The van der Waals surface area contributed by atoms with Crippen molar-refractivity contribution >= 4 is 17.9 Å². The molecule has 0 aliphatic carbocycles. The first-order valence-corrected chi connectivity index (χ1v) is 29.3. The topological polar surface area (TPSA) is 78.9 Å². The summed E-state index contributed by atoms with van der Waals surface area (Å²) < 4.78 is 16.8. The van der Waals surface area contributed by atoms with E-state index in [9.17, 15) is 14.4 Å². The average Bonchev–Trinajstić information content (AvgIpc) is 3.36. The van der Waals surface area contributed by atoms with Crippen LogP contribution in [0.2, 0.25) is 0 Å². The molecule has 0 heterocycles. The lowest BCUT2D eigenvalue weighted by Gasteiger charge is -2.18. The van der Waals surface area contributed by atoms with Gasteiger partial charge in [-0.3, -0.25) is 14.4 Å². The Hall–Kier alpha value is -3.67. The lowest BCUT2D eigenvalue weighted by atomic mass is 10.1. The highest BCUT2D eigenvalue weighted by molar-refractivity contribution is 5.71. The van der Waals surface area contributed by atoms with Crippen molar-refractivity contribution in [1.82, 2.24) is 0 Å². The van der Waals surface area contributed by atoms with Crippen LogP contribution in [0.4, 0.5) is 0 Å². The normalized spacial score (nSPS) is 12.8. The van der Waals surface area contributed by atoms with Crippen LogP contribution in [0.15, 0.2) is 97.2 Å². The van der Waals surface area contributed by atoms with E-state index >= 15 is 0 Å². The highest BCUT2D eigenvalue weighted by Crippen LogP contribution is 2.14. The first kappa shape index (κ1) is 66.3. The minimum Gasteiger partial charge on any atom is -0.462 e. The maximum absolute atomic E-state index is 12.8. The molecule has 0 aromatic heterocycles. The number of allylic oxidation sites excluding steroid dienone is 16. The largest absolute Gasteiger partial charge is 0.462 e. The van der Waals surface area contributed by atoms with Gasteiger partial charge in [-0.2, -0.15) is 0 Å². The number of unbranched alkanes of at least 4 members (excludes halogenated alkanes) is 27. The summed E-state index contributed by atoms with van der Waals surface area (Å²) in [5.74, 6) is -0.994. The molecule has 0 aromatic carbocycles. The zero-order chi connectivity index (χ0) is 50.7. The van der Waals surface area contributed by atoms with Gasteiger partial charge in [0.25, 0.3) is 0 Å². The van der Waals surface area contributed by atoms with Gasteiger partial charge in [-0.15, -0.1) is 0 Å². The minimum atomic E-state index is -0.820. The molecular weight excluding hydrogens is 865 g/mol. The Morgan fingerprint density at radius 1 is 0.300 bits per heavy atom. The van der Waals surface area contributed by atoms with Crippen LogP contribution >= 0.6 is 0 Å². The quantitative estimate of drug-likeness (QED) is 0.0199. The fourth-order valence-electron chi connectivity index (χ4n) is 7.89. The van der Waals surface area contributed by atoms with Gasteiger partial charge < -0.3 is 14.2 Å². The SMILES string of the molecule is CCCCC/C=C\C=C/CCCCCCCCCCCCC(=O)OCC(COC(=O)CCCCC/C=C\C=C/CCCCCCCCC)OC(=O)CCC/C=C\C/C=C\C/C=C\C/C=C\CCCCC. The maximum Gasteiger partial charge on any atom is 0.306 e. The van der Waals surface area contributed by atoms with Crippen LogP contribution in [-0.2, 0) is 28.6 Å². The van der Waals surface area contributed by atoms with E-state index < -0.39 is 6.10 Å². The molecule has 1 atom stereocenters. The van der Waals surface area contributed by atoms with Gasteiger partial charge in [0.05, 0.1) is 0 Å². The van der Waals surface area contributed by atoms with E-state index in [1.165, 1.54) is 148 Å². The highest BCUT2D eigenvalue weighted by atomic mass is 16.6. The van der Waals surface area contributed by atoms with Crippen molar-refractivity contribution in [2.24, 2.45) is 0 Å². The lowest BCUT2D eigenvalue weighted by Crippen LogP contribution is -2.30. The molecule has 0 radical (unpaired) electrons. The van der Waals surface area contributed by atoms with Crippen LogP contribution < -0.4 is 0 Å². The molecule has 6 nitrogen and oxygen atoms in total. The van der Waals surface area contributed by atoms with Crippen molar-refractivity contribution in [1.29, 1.82) is 0 Å². The molecule has 70 heavy (non-hydrogen) atoms. The Morgan fingerprint density at radius 2 is 0.571 bits per heavy atom. The second-order valence-corrected chi connectivity index (χ2v) is 19.3. The lowest BCUT2D eigenvalue weighted by molar-refractivity contribution is -0.167. The number of ether oxygens (including phenoxy) is 3. The summed E-state index contributed by atoms with van der Waals surface area (Å²) in [6.07, 6.45) is 76.9. The van der Waals surface area contributed by atoms with E-state index in [2.05, 4.69) is 118 Å². The number of esters is 3. The summed E-state index contributed by atoms with van der Waals surface area (Å²) in [5, 5.41) is 0. The molecule has 0 rings (SSSR count). The van der Waals surface area contributed by atoms with Crippen LogP contribution in [-0.4, -0.2) is 37.2 Å². The summed E-state index contributed by atoms with van der Waals surface area (Å²) in [6.45, 7) is 6.52. The molecule has 6 heteroatoms. The zero-order valence-electron chi connectivity index (χ0n) is 45.8. The first-order valence-electron chi connectivity index (χ1n) is 29.3.